The number of nitrogens with zero attached hydrogens (tertiary/aromatic N) is 5. The van der Waals surface area contributed by atoms with Crippen molar-refractivity contribution in [3.05, 3.63) is 28.4 Å². The molecule has 1 aliphatic carbocycles. The molecule has 3 atom stereocenters. The molecule has 1 saturated heterocycles. The molecule has 3 heterocycles. The predicted molar refractivity (Wildman–Crippen MR) is 87.3 cm³/mol. The van der Waals surface area contributed by atoms with Crippen molar-refractivity contribution in [1.29, 1.82) is 0 Å². The molecule has 1 N–H and O–H groups in total. The van der Waals surface area contributed by atoms with Crippen LogP contribution in [0.4, 0.5) is 0 Å². The smallest absolute Gasteiger partial charge is 0.274 e. The summed E-state index contributed by atoms with van der Waals surface area (Å²) in [5.41, 5.74) is 0.589. The van der Waals surface area contributed by atoms with E-state index in [1.807, 2.05) is 11.9 Å². The van der Waals surface area contributed by atoms with E-state index in [1.165, 1.54) is 10.8 Å². The molecular formula is C16H22N6O2. The molecule has 2 aromatic heterocycles. The molecule has 2 aromatic rings. The molecule has 1 saturated carbocycles. The first kappa shape index (κ1) is 15.3. The maximum atomic E-state index is 12.0. The molecule has 0 bridgehead atoms. The fraction of sp³-hybridized carbons (Fsp3) is 0.625. The lowest BCUT2D eigenvalue weighted by Crippen LogP contribution is -2.39. The van der Waals surface area contributed by atoms with Gasteiger partial charge in [-0.3, -0.25) is 19.6 Å². The molecule has 1 amide bonds. The Kier molecular flexibility index (Phi) is 3.64. The quantitative estimate of drug-likeness (QED) is 0.863. The average molecular weight is 330 g/mol. The van der Waals surface area contributed by atoms with E-state index in [0.717, 1.165) is 25.1 Å². The Balaban J connectivity index is 1.47. The lowest BCUT2D eigenvalue weighted by molar-refractivity contribution is -0.134. The highest BCUT2D eigenvalue weighted by atomic mass is 16.2. The van der Waals surface area contributed by atoms with E-state index < -0.39 is 0 Å². The molecule has 4 rings (SSSR count). The number of hydrogen-bond acceptors (Lipinski definition) is 5. The molecule has 128 valence electrons. The number of H-pyrrole nitrogens is 1. The summed E-state index contributed by atoms with van der Waals surface area (Å²) in [7, 11) is 3.97. The number of rotatable bonds is 3. The fourth-order valence-corrected chi connectivity index (χ4v) is 4.18. The number of amides is 1. The Morgan fingerprint density at radius 3 is 2.96 bits per heavy atom. The van der Waals surface area contributed by atoms with Crippen molar-refractivity contribution < 1.29 is 4.79 Å². The SMILES string of the molecule is CN1C[C@H]2C[C@@H](N(C)Cc3cc(=O)n4[nH]cnc4n3)C[C@H]2CC1=O. The van der Waals surface area contributed by atoms with Gasteiger partial charge in [0.25, 0.3) is 11.3 Å². The number of likely N-dealkylation sites (tertiary alicyclic amines) is 1. The lowest BCUT2D eigenvalue weighted by atomic mass is 9.88. The molecule has 24 heavy (non-hydrogen) atoms. The van der Waals surface area contributed by atoms with Crippen LogP contribution in [0.5, 0.6) is 0 Å². The Morgan fingerprint density at radius 1 is 1.33 bits per heavy atom. The van der Waals surface area contributed by atoms with Crippen LogP contribution < -0.4 is 5.56 Å². The lowest BCUT2D eigenvalue weighted by Gasteiger charge is -2.31. The van der Waals surface area contributed by atoms with Gasteiger partial charge in [-0.2, -0.15) is 4.52 Å². The van der Waals surface area contributed by atoms with Crippen molar-refractivity contribution in [2.24, 2.45) is 11.8 Å². The molecule has 8 nitrogen and oxygen atoms in total. The van der Waals surface area contributed by atoms with Gasteiger partial charge in [0.05, 0.1) is 5.69 Å². The maximum Gasteiger partial charge on any atom is 0.274 e. The van der Waals surface area contributed by atoms with Crippen molar-refractivity contribution in [1.82, 2.24) is 29.4 Å². The zero-order valence-corrected chi connectivity index (χ0v) is 14.0. The monoisotopic (exact) mass is 330 g/mol. The van der Waals surface area contributed by atoms with Gasteiger partial charge in [0.1, 0.15) is 6.33 Å². The van der Waals surface area contributed by atoms with Gasteiger partial charge >= 0.3 is 0 Å². The number of carbonyl (C=O) groups is 1. The minimum atomic E-state index is -0.145. The van der Waals surface area contributed by atoms with Crippen LogP contribution in [0.25, 0.3) is 5.78 Å². The third-order valence-electron chi connectivity index (χ3n) is 5.54. The number of hydrogen-bond donors (Lipinski definition) is 1. The summed E-state index contributed by atoms with van der Waals surface area (Å²) in [6.45, 7) is 1.49. The molecular weight excluding hydrogens is 308 g/mol. The van der Waals surface area contributed by atoms with Crippen molar-refractivity contribution in [2.75, 3.05) is 20.6 Å². The summed E-state index contributed by atoms with van der Waals surface area (Å²) in [6, 6.07) is 1.99. The summed E-state index contributed by atoms with van der Waals surface area (Å²) < 4.78 is 1.33. The number of aromatic amines is 1. The summed E-state index contributed by atoms with van der Waals surface area (Å²) in [5, 5.41) is 2.75. The van der Waals surface area contributed by atoms with E-state index in [0.29, 0.717) is 36.6 Å². The fourth-order valence-electron chi connectivity index (χ4n) is 4.18. The molecule has 2 aliphatic rings. The van der Waals surface area contributed by atoms with Crippen LogP contribution in [0.1, 0.15) is 25.0 Å². The largest absolute Gasteiger partial charge is 0.345 e. The minimum Gasteiger partial charge on any atom is -0.345 e. The third-order valence-corrected chi connectivity index (χ3v) is 5.54. The summed E-state index contributed by atoms with van der Waals surface area (Å²) in [4.78, 5) is 36.5. The van der Waals surface area contributed by atoms with Gasteiger partial charge in [-0.15, -0.1) is 0 Å². The van der Waals surface area contributed by atoms with Gasteiger partial charge in [0.2, 0.25) is 5.91 Å². The number of nitrogens with one attached hydrogen (secondary N) is 1. The van der Waals surface area contributed by atoms with E-state index in [9.17, 15) is 9.59 Å². The van der Waals surface area contributed by atoms with Gasteiger partial charge in [0.15, 0.2) is 0 Å². The highest BCUT2D eigenvalue weighted by Gasteiger charge is 2.41. The van der Waals surface area contributed by atoms with Crippen LogP contribution in [0, 0.1) is 11.8 Å². The van der Waals surface area contributed by atoms with Crippen molar-refractivity contribution in [3.63, 3.8) is 0 Å². The van der Waals surface area contributed by atoms with Gasteiger partial charge in [-0.25, -0.2) is 9.97 Å². The molecule has 2 fully saturated rings. The Bertz CT molecular complexity index is 827. The van der Waals surface area contributed by atoms with Crippen LogP contribution in [0.2, 0.25) is 0 Å². The van der Waals surface area contributed by atoms with Crippen LogP contribution in [0.3, 0.4) is 0 Å². The first-order valence-corrected chi connectivity index (χ1v) is 8.37. The minimum absolute atomic E-state index is 0.145. The van der Waals surface area contributed by atoms with E-state index in [4.69, 9.17) is 0 Å². The second-order valence-corrected chi connectivity index (χ2v) is 7.15. The first-order chi connectivity index (χ1) is 11.5. The Labute approximate surface area is 139 Å². The number of piperidine rings is 1. The standard InChI is InChI=1S/C16H22N6O2/c1-20(8-12-6-15(24)22-16(19-12)17-9-18-22)13-3-10-5-14(23)21(2)7-11(10)4-13/h6,9-11,13H,3-5,7-8H2,1-2H3,(H,17,18,19)/t10-,11+,13-/m0/s1. The maximum absolute atomic E-state index is 12.0. The van der Waals surface area contributed by atoms with Crippen molar-refractivity contribution in [3.8, 4) is 0 Å². The number of fused-ring (bicyclic) bond motifs is 2. The van der Waals surface area contributed by atoms with Gasteiger partial charge in [-0.1, -0.05) is 0 Å². The zero-order valence-electron chi connectivity index (χ0n) is 14.0. The summed E-state index contributed by atoms with van der Waals surface area (Å²) in [6.07, 6.45) is 4.28. The molecule has 1 aliphatic heterocycles. The zero-order chi connectivity index (χ0) is 16.8. The topological polar surface area (TPSA) is 86.6 Å². The van der Waals surface area contributed by atoms with E-state index in [2.05, 4.69) is 27.0 Å². The second kappa shape index (κ2) is 5.70. The highest BCUT2D eigenvalue weighted by molar-refractivity contribution is 5.77. The van der Waals surface area contributed by atoms with Crippen molar-refractivity contribution in [2.45, 2.75) is 31.8 Å². The Hall–Kier alpha value is -2.22. The van der Waals surface area contributed by atoms with Crippen LogP contribution >= 0.6 is 0 Å². The normalized spacial score (nSPS) is 27.2. The molecule has 0 spiro atoms. The summed E-state index contributed by atoms with van der Waals surface area (Å²) >= 11 is 0. The second-order valence-electron chi connectivity index (χ2n) is 7.15. The first-order valence-electron chi connectivity index (χ1n) is 8.37. The average Bonchev–Trinajstić information content (AvgIpc) is 3.14. The molecule has 0 unspecified atom stereocenters. The van der Waals surface area contributed by atoms with Gasteiger partial charge in [-0.05, 0) is 31.7 Å². The summed E-state index contributed by atoms with van der Waals surface area (Å²) in [5.74, 6) is 1.75. The highest BCUT2D eigenvalue weighted by Crippen LogP contribution is 2.40. The number of carbonyl (C=O) groups excluding carboxylic acids is 1. The van der Waals surface area contributed by atoms with Crippen LogP contribution in [-0.2, 0) is 11.3 Å². The molecule has 0 radical (unpaired) electrons. The van der Waals surface area contributed by atoms with Gasteiger partial charge < -0.3 is 4.90 Å². The Morgan fingerprint density at radius 2 is 2.12 bits per heavy atom. The van der Waals surface area contributed by atoms with Gasteiger partial charge in [0, 0.05) is 38.7 Å². The van der Waals surface area contributed by atoms with E-state index in [-0.39, 0.29) is 11.5 Å². The van der Waals surface area contributed by atoms with Crippen LogP contribution in [-0.4, -0.2) is 62.0 Å². The van der Waals surface area contributed by atoms with E-state index >= 15 is 0 Å². The molecule has 8 heteroatoms. The molecule has 0 aromatic carbocycles. The van der Waals surface area contributed by atoms with Crippen molar-refractivity contribution >= 4 is 11.7 Å². The van der Waals surface area contributed by atoms with Crippen LogP contribution in [0.15, 0.2) is 17.2 Å². The predicted octanol–water partition coefficient (Wildman–Crippen LogP) is 0.106. The van der Waals surface area contributed by atoms with E-state index in [1.54, 1.807) is 6.07 Å². The number of aromatic nitrogens is 4. The third kappa shape index (κ3) is 2.60.